The summed E-state index contributed by atoms with van der Waals surface area (Å²) in [6.45, 7) is 5.29. The Balaban J connectivity index is 0.000000219. The predicted octanol–water partition coefficient (Wildman–Crippen LogP) is 5.38. The van der Waals surface area contributed by atoms with Crippen molar-refractivity contribution in [3.05, 3.63) is 140 Å². The average molecular weight is 999 g/mol. The van der Waals surface area contributed by atoms with E-state index in [1.807, 2.05) is 35.7 Å². The van der Waals surface area contributed by atoms with Gasteiger partial charge in [0, 0.05) is 72.5 Å². The van der Waals surface area contributed by atoms with Crippen molar-refractivity contribution in [3.63, 3.8) is 0 Å². The van der Waals surface area contributed by atoms with Gasteiger partial charge in [0.1, 0.15) is 37.1 Å². The van der Waals surface area contributed by atoms with E-state index >= 15 is 0 Å². The summed E-state index contributed by atoms with van der Waals surface area (Å²) >= 11 is 2.81. The van der Waals surface area contributed by atoms with Gasteiger partial charge in [0.15, 0.2) is 0 Å². The Morgan fingerprint density at radius 3 is 1.67 bits per heavy atom. The highest BCUT2D eigenvalue weighted by atomic mass is 32.2. The van der Waals surface area contributed by atoms with Crippen molar-refractivity contribution < 1.29 is 50.8 Å². The Bertz CT molecular complexity index is 2700. The summed E-state index contributed by atoms with van der Waals surface area (Å²) in [5, 5.41) is 28.3. The molecule has 362 valence electrons. The summed E-state index contributed by atoms with van der Waals surface area (Å²) in [7, 11) is -3.62. The van der Waals surface area contributed by atoms with E-state index in [1.165, 1.54) is 27.6 Å². The minimum atomic E-state index is -3.62. The van der Waals surface area contributed by atoms with Gasteiger partial charge in [0.2, 0.25) is 0 Å². The molecule has 8 rings (SSSR count). The van der Waals surface area contributed by atoms with E-state index in [2.05, 4.69) is 24.6 Å². The zero-order chi connectivity index (χ0) is 48.9. The smallest absolute Gasteiger partial charge is 0.414 e. The number of rotatable bonds is 16. The molecule has 3 aliphatic heterocycles. The average Bonchev–Trinajstić information content (AvgIpc) is 4.20. The number of thiophene rings is 2. The zero-order valence-corrected chi connectivity index (χ0v) is 39.9. The van der Waals surface area contributed by atoms with Gasteiger partial charge >= 0.3 is 18.2 Å². The van der Waals surface area contributed by atoms with Gasteiger partial charge in [-0.2, -0.15) is 31.1 Å². The number of amides is 4. The van der Waals surface area contributed by atoms with E-state index in [0.29, 0.717) is 66.3 Å². The first-order chi connectivity index (χ1) is 33.2. The molecule has 0 bridgehead atoms. The standard InChI is InChI=1S/C30H33N5O5S.C17H17N3O6S2/c31-28(32-29(37)24-11-17-41-21-24)23-6-8-25(9-7-23)35-19-26(40-30(35)38)18-34-15-13-33(14-16-34)12-10-27(36)39-20-22-4-2-1-3-5-22;1-28(23,24)25-9-14-8-20(17(22)26-14)13-4-2-11(3-5-13)15(18)19-16(21)12-6-7-27-10-12/h1-9,11,17,21,26H,10,12-16,18-20H2,(H2,31,32,37);2-7,10,14H,8-9H2,1H3,(H2,18,19,21). The van der Waals surface area contributed by atoms with Gasteiger partial charge in [-0.3, -0.25) is 44.1 Å². The summed E-state index contributed by atoms with van der Waals surface area (Å²) in [6, 6.07) is 26.4. The topological polar surface area (TPSA) is 241 Å². The van der Waals surface area contributed by atoms with Crippen LogP contribution in [0.2, 0.25) is 0 Å². The van der Waals surface area contributed by atoms with Crippen LogP contribution in [-0.2, 0) is 39.9 Å². The van der Waals surface area contributed by atoms with Gasteiger partial charge in [0.05, 0.1) is 36.9 Å². The third-order valence-corrected chi connectivity index (χ3v) is 12.9. The summed E-state index contributed by atoms with van der Waals surface area (Å²) in [5.41, 5.74) is 4.19. The number of nitrogens with one attached hydrogen (secondary N) is 4. The van der Waals surface area contributed by atoms with Crippen molar-refractivity contribution in [3.8, 4) is 0 Å². The summed E-state index contributed by atoms with van der Waals surface area (Å²) < 4.78 is 42.9. The van der Waals surface area contributed by atoms with Crippen LogP contribution in [0.3, 0.4) is 0 Å². The molecule has 2 aromatic heterocycles. The highest BCUT2D eigenvalue weighted by molar-refractivity contribution is 7.86. The maximum Gasteiger partial charge on any atom is 0.414 e. The lowest BCUT2D eigenvalue weighted by atomic mass is 10.1. The number of hydrogen-bond acceptors (Lipinski definition) is 17. The van der Waals surface area contributed by atoms with Crippen LogP contribution in [0, 0.1) is 10.8 Å². The van der Waals surface area contributed by atoms with Crippen LogP contribution in [0.1, 0.15) is 43.8 Å². The molecule has 3 fully saturated rings. The lowest BCUT2D eigenvalue weighted by Crippen LogP contribution is -2.49. The maximum absolute atomic E-state index is 12.6. The molecule has 0 radical (unpaired) electrons. The van der Waals surface area contributed by atoms with Crippen LogP contribution in [0.15, 0.2) is 113 Å². The highest BCUT2D eigenvalue weighted by Gasteiger charge is 2.35. The summed E-state index contributed by atoms with van der Waals surface area (Å²) in [5.74, 6) is -0.952. The lowest BCUT2D eigenvalue weighted by molar-refractivity contribution is -0.145. The molecule has 2 atom stereocenters. The quantitative estimate of drug-likeness (QED) is 0.0320. The van der Waals surface area contributed by atoms with Crippen LogP contribution >= 0.6 is 22.7 Å². The normalized spacial score (nSPS) is 17.3. The number of ether oxygens (including phenoxy) is 3. The van der Waals surface area contributed by atoms with E-state index < -0.39 is 28.4 Å². The van der Waals surface area contributed by atoms with Gasteiger partial charge in [-0.25, -0.2) is 9.59 Å². The largest absolute Gasteiger partial charge is 0.461 e. The second-order valence-electron chi connectivity index (χ2n) is 16.0. The molecular weight excluding hydrogens is 949 g/mol. The molecule has 3 aromatic carbocycles. The summed E-state index contributed by atoms with van der Waals surface area (Å²) in [4.78, 5) is 68.4. The van der Waals surface area contributed by atoms with Gasteiger partial charge in [-0.05, 0) is 77.0 Å². The molecule has 22 heteroatoms. The van der Waals surface area contributed by atoms with Gasteiger partial charge in [0.25, 0.3) is 21.9 Å². The second-order valence-corrected chi connectivity index (χ2v) is 19.2. The van der Waals surface area contributed by atoms with Gasteiger partial charge in [-0.15, -0.1) is 0 Å². The van der Waals surface area contributed by atoms with Crippen molar-refractivity contribution in [1.82, 2.24) is 20.4 Å². The number of esters is 1. The van der Waals surface area contributed by atoms with E-state index in [0.717, 1.165) is 38.0 Å². The third kappa shape index (κ3) is 14.6. The van der Waals surface area contributed by atoms with E-state index in [9.17, 15) is 32.4 Å². The van der Waals surface area contributed by atoms with E-state index in [1.54, 1.807) is 81.7 Å². The molecule has 0 spiro atoms. The van der Waals surface area contributed by atoms with Gasteiger partial charge in [-0.1, -0.05) is 30.3 Å². The number of amidine groups is 2. The SMILES string of the molecule is CS(=O)(=O)OCC1CN(c2ccc(C(=N)NC(=O)c3ccsc3)cc2)C(=O)O1.N=C(NC(=O)c1ccsc1)c1ccc(N2CC(CN3CCN(CCC(=O)OCc4ccccc4)CC3)OC2=O)cc1. The van der Waals surface area contributed by atoms with Crippen molar-refractivity contribution >= 4 is 85.8 Å². The minimum Gasteiger partial charge on any atom is -0.461 e. The lowest BCUT2D eigenvalue weighted by Gasteiger charge is -2.35. The molecule has 3 aliphatic rings. The molecule has 4 N–H and O–H groups in total. The highest BCUT2D eigenvalue weighted by Crippen LogP contribution is 2.25. The van der Waals surface area contributed by atoms with Crippen LogP contribution < -0.4 is 20.4 Å². The van der Waals surface area contributed by atoms with Crippen molar-refractivity contribution in [2.75, 3.05) is 75.0 Å². The van der Waals surface area contributed by atoms with Gasteiger partial charge < -0.3 is 29.7 Å². The van der Waals surface area contributed by atoms with Crippen LogP contribution in [0.5, 0.6) is 0 Å². The molecule has 5 aromatic rings. The van der Waals surface area contributed by atoms with E-state index in [-0.39, 0.29) is 48.7 Å². The van der Waals surface area contributed by atoms with Crippen LogP contribution in [0.25, 0.3) is 0 Å². The van der Waals surface area contributed by atoms with Crippen molar-refractivity contribution in [1.29, 1.82) is 10.8 Å². The monoisotopic (exact) mass is 998 g/mol. The molecule has 3 saturated heterocycles. The van der Waals surface area contributed by atoms with Crippen LogP contribution in [0.4, 0.5) is 21.0 Å². The Labute approximate surface area is 406 Å². The molecule has 2 unspecified atom stereocenters. The Morgan fingerprint density at radius 2 is 1.17 bits per heavy atom. The Kier molecular flexibility index (Phi) is 17.0. The maximum atomic E-state index is 12.6. The fraction of sp³-hybridized carbons (Fsp3) is 0.298. The predicted molar refractivity (Wildman–Crippen MR) is 260 cm³/mol. The number of benzene rings is 3. The van der Waals surface area contributed by atoms with Crippen molar-refractivity contribution in [2.45, 2.75) is 25.2 Å². The van der Waals surface area contributed by atoms with E-state index in [4.69, 9.17) is 25.0 Å². The Morgan fingerprint density at radius 1 is 0.681 bits per heavy atom. The number of nitrogens with zero attached hydrogens (tertiary/aromatic N) is 4. The first-order valence-electron chi connectivity index (χ1n) is 21.7. The molecule has 19 nitrogen and oxygen atoms in total. The van der Waals surface area contributed by atoms with Crippen molar-refractivity contribution in [2.24, 2.45) is 0 Å². The first kappa shape index (κ1) is 50.1. The molecule has 5 heterocycles. The second kappa shape index (κ2) is 23.5. The molecule has 69 heavy (non-hydrogen) atoms. The third-order valence-electron chi connectivity index (χ3n) is 11.0. The fourth-order valence-electron chi connectivity index (χ4n) is 7.31. The number of cyclic esters (lactones) is 2. The number of anilines is 2. The first-order valence-corrected chi connectivity index (χ1v) is 25.4. The number of piperazine rings is 1. The number of carbonyl (C=O) groups excluding carboxylic acids is 5. The minimum absolute atomic E-state index is 0.00200. The fourth-order valence-corrected chi connectivity index (χ4v) is 8.98. The molecule has 0 saturated carbocycles. The molecule has 4 amide bonds. The van der Waals surface area contributed by atoms with Crippen LogP contribution in [-0.4, -0.2) is 137 Å². The summed E-state index contributed by atoms with van der Waals surface area (Å²) in [6.07, 6.45) is -0.671. The molecule has 0 aliphatic carbocycles. The number of carbonyl (C=O) groups is 5. The Hall–Kier alpha value is -6.82. The zero-order valence-electron chi connectivity index (χ0n) is 37.4. The number of hydrogen-bond donors (Lipinski definition) is 4. The molecular formula is C47H50N8O11S3.